The molecule has 0 bridgehead atoms. The molecule has 10 heteroatoms. The molecule has 0 saturated carbocycles. The van der Waals surface area contributed by atoms with Crippen LogP contribution in [0, 0.1) is 6.92 Å². The van der Waals surface area contributed by atoms with E-state index in [1.807, 2.05) is 5.38 Å². The smallest absolute Gasteiger partial charge is 0.265 e. The minimum absolute atomic E-state index is 0.209. The highest BCUT2D eigenvalue weighted by atomic mass is 32.1. The highest BCUT2D eigenvalue weighted by Crippen LogP contribution is 2.19. The normalized spacial score (nSPS) is 10.6. The first kappa shape index (κ1) is 19.3. The summed E-state index contributed by atoms with van der Waals surface area (Å²) in [5.74, 6) is -0.173. The summed E-state index contributed by atoms with van der Waals surface area (Å²) in [6.07, 6.45) is 1.43. The van der Waals surface area contributed by atoms with Gasteiger partial charge in [-0.25, -0.2) is 9.78 Å². The van der Waals surface area contributed by atoms with Crippen molar-refractivity contribution in [3.8, 4) is 5.82 Å². The molecule has 0 spiro atoms. The van der Waals surface area contributed by atoms with E-state index < -0.39 is 0 Å². The predicted molar refractivity (Wildman–Crippen MR) is 113 cm³/mol. The minimum atomic E-state index is -0.357. The van der Waals surface area contributed by atoms with Gasteiger partial charge < -0.3 is 10.6 Å². The van der Waals surface area contributed by atoms with Gasteiger partial charge in [0.25, 0.3) is 17.4 Å². The van der Waals surface area contributed by atoms with Crippen LogP contribution in [0.2, 0.25) is 0 Å². The molecule has 0 unspecified atom stereocenters. The minimum Gasteiger partial charge on any atom is -0.322 e. The third-order valence-corrected chi connectivity index (χ3v) is 5.13. The summed E-state index contributed by atoms with van der Waals surface area (Å²) in [6, 6.07) is 13.3. The molecule has 2 amide bonds. The molecule has 0 aliphatic carbocycles. The zero-order chi connectivity index (χ0) is 21.1. The molecule has 30 heavy (non-hydrogen) atoms. The Balaban J connectivity index is 1.50. The van der Waals surface area contributed by atoms with E-state index in [4.69, 9.17) is 0 Å². The molecule has 0 radical (unpaired) electrons. The molecule has 3 N–H and O–H groups in total. The molecule has 9 nitrogen and oxygen atoms in total. The molecular formula is C20H16N6O3S. The Kier molecular flexibility index (Phi) is 5.22. The number of hydrogen-bond donors (Lipinski definition) is 3. The number of carbonyl (C=O) groups is 2. The fourth-order valence-corrected chi connectivity index (χ4v) is 3.41. The molecule has 0 atom stereocenters. The van der Waals surface area contributed by atoms with Gasteiger partial charge in [0.05, 0.1) is 22.3 Å². The third-order valence-electron chi connectivity index (χ3n) is 4.26. The van der Waals surface area contributed by atoms with Crippen molar-refractivity contribution in [2.75, 3.05) is 10.6 Å². The van der Waals surface area contributed by atoms with Crippen LogP contribution in [0.5, 0.6) is 0 Å². The second-order valence-corrected chi connectivity index (χ2v) is 7.25. The molecule has 3 heterocycles. The van der Waals surface area contributed by atoms with Gasteiger partial charge in [-0.3, -0.25) is 14.4 Å². The van der Waals surface area contributed by atoms with E-state index in [1.165, 1.54) is 34.3 Å². The van der Waals surface area contributed by atoms with Crippen molar-refractivity contribution in [2.24, 2.45) is 0 Å². The van der Waals surface area contributed by atoms with Crippen molar-refractivity contribution in [2.45, 2.75) is 6.92 Å². The first-order valence-corrected chi connectivity index (χ1v) is 9.76. The van der Waals surface area contributed by atoms with Crippen LogP contribution in [0.1, 0.15) is 25.7 Å². The molecule has 0 aliphatic rings. The molecule has 4 rings (SSSR count). The van der Waals surface area contributed by atoms with Gasteiger partial charge in [0.1, 0.15) is 0 Å². The van der Waals surface area contributed by atoms with Crippen LogP contribution in [0.3, 0.4) is 0 Å². The summed E-state index contributed by atoms with van der Waals surface area (Å²) in [4.78, 5) is 36.7. The summed E-state index contributed by atoms with van der Waals surface area (Å²) < 4.78 is 1.46. The number of H-pyrrole nitrogens is 1. The van der Waals surface area contributed by atoms with E-state index in [2.05, 4.69) is 25.9 Å². The third kappa shape index (κ3) is 4.03. The van der Waals surface area contributed by atoms with Crippen LogP contribution in [-0.2, 0) is 0 Å². The van der Waals surface area contributed by atoms with Gasteiger partial charge in [0.15, 0.2) is 5.82 Å². The van der Waals surface area contributed by atoms with Crippen molar-refractivity contribution in [3.63, 3.8) is 0 Å². The van der Waals surface area contributed by atoms with Crippen molar-refractivity contribution in [1.29, 1.82) is 0 Å². The maximum atomic E-state index is 12.7. The van der Waals surface area contributed by atoms with E-state index in [0.29, 0.717) is 33.3 Å². The van der Waals surface area contributed by atoms with Gasteiger partial charge in [-0.15, -0.1) is 11.3 Å². The second kappa shape index (κ2) is 8.13. The van der Waals surface area contributed by atoms with Crippen molar-refractivity contribution < 1.29 is 9.59 Å². The first-order valence-electron chi connectivity index (χ1n) is 8.88. The Hall–Kier alpha value is -4.05. The zero-order valence-corrected chi connectivity index (χ0v) is 16.6. The lowest BCUT2D eigenvalue weighted by Crippen LogP contribution is -2.15. The number of nitrogens with one attached hydrogen (secondary N) is 3. The average Bonchev–Trinajstić information content (AvgIpc) is 3.39. The van der Waals surface area contributed by atoms with E-state index in [0.717, 1.165) is 0 Å². The maximum absolute atomic E-state index is 12.7. The molecule has 150 valence electrons. The van der Waals surface area contributed by atoms with Crippen LogP contribution in [-0.4, -0.2) is 31.8 Å². The van der Waals surface area contributed by atoms with Gasteiger partial charge in [0, 0.05) is 17.4 Å². The fraction of sp³-hybridized carbons (Fsp3) is 0.0500. The van der Waals surface area contributed by atoms with Crippen LogP contribution in [0.25, 0.3) is 5.82 Å². The van der Waals surface area contributed by atoms with Crippen molar-refractivity contribution in [1.82, 2.24) is 20.0 Å². The molecule has 0 aliphatic heterocycles. The maximum Gasteiger partial charge on any atom is 0.265 e. The lowest BCUT2D eigenvalue weighted by Gasteiger charge is -2.08. The Morgan fingerprint density at radius 2 is 1.80 bits per heavy atom. The number of aromatic amines is 1. The number of amides is 2. The number of benzene rings is 1. The van der Waals surface area contributed by atoms with E-state index >= 15 is 0 Å². The average molecular weight is 420 g/mol. The van der Waals surface area contributed by atoms with Crippen LogP contribution in [0.15, 0.2) is 64.9 Å². The SMILES string of the molecule is Cc1c(C(=O)Nc2cccc(NC(=O)c3cccs3)c2)cnn1-c1ccc(=O)[nH]n1. The van der Waals surface area contributed by atoms with Gasteiger partial charge >= 0.3 is 0 Å². The standard InChI is InChI=1S/C20H16N6O3S/c1-12-15(11-21-26(12)17-7-8-18(27)25-24-17)19(28)22-13-4-2-5-14(10-13)23-20(29)16-6-3-9-30-16/h2-11H,1H3,(H,22,28)(H,23,29)(H,25,27). The molecule has 1 aromatic carbocycles. The Bertz CT molecular complexity index is 1260. The van der Waals surface area contributed by atoms with Crippen molar-refractivity contribution >= 4 is 34.5 Å². The monoisotopic (exact) mass is 420 g/mol. The summed E-state index contributed by atoms with van der Waals surface area (Å²) in [7, 11) is 0. The summed E-state index contributed by atoms with van der Waals surface area (Å²) >= 11 is 1.35. The van der Waals surface area contributed by atoms with Gasteiger partial charge in [-0.05, 0) is 42.6 Å². The van der Waals surface area contributed by atoms with Crippen LogP contribution >= 0.6 is 11.3 Å². The number of anilines is 2. The number of carbonyl (C=O) groups excluding carboxylic acids is 2. The van der Waals surface area contributed by atoms with Crippen LogP contribution < -0.4 is 16.2 Å². The summed E-state index contributed by atoms with van der Waals surface area (Å²) in [5, 5.41) is 17.9. The first-order chi connectivity index (χ1) is 14.5. The van der Waals surface area contributed by atoms with E-state index in [9.17, 15) is 14.4 Å². The number of hydrogen-bond acceptors (Lipinski definition) is 6. The highest BCUT2D eigenvalue weighted by Gasteiger charge is 2.16. The quantitative estimate of drug-likeness (QED) is 0.458. The molecule has 3 aromatic heterocycles. The fourth-order valence-electron chi connectivity index (χ4n) is 2.79. The van der Waals surface area contributed by atoms with Crippen LogP contribution in [0.4, 0.5) is 11.4 Å². The highest BCUT2D eigenvalue weighted by molar-refractivity contribution is 7.12. The summed E-state index contributed by atoms with van der Waals surface area (Å²) in [5.41, 5.74) is 1.69. The largest absolute Gasteiger partial charge is 0.322 e. The molecule has 0 saturated heterocycles. The Labute approximate surface area is 174 Å². The second-order valence-electron chi connectivity index (χ2n) is 6.30. The molecule has 0 fully saturated rings. The number of aromatic nitrogens is 4. The van der Waals surface area contributed by atoms with Crippen molar-refractivity contribution in [3.05, 3.63) is 86.6 Å². The molecular weight excluding hydrogens is 404 g/mol. The zero-order valence-electron chi connectivity index (χ0n) is 15.7. The lowest BCUT2D eigenvalue weighted by molar-refractivity contribution is 0.102. The van der Waals surface area contributed by atoms with E-state index in [1.54, 1.807) is 43.3 Å². The van der Waals surface area contributed by atoms with Gasteiger partial charge in [0.2, 0.25) is 0 Å². The number of nitrogens with zero attached hydrogens (tertiary/aromatic N) is 3. The molecule has 4 aromatic rings. The predicted octanol–water partition coefficient (Wildman–Crippen LogP) is 2.83. The van der Waals surface area contributed by atoms with Gasteiger partial charge in [-0.1, -0.05) is 12.1 Å². The Morgan fingerprint density at radius 3 is 2.47 bits per heavy atom. The topological polar surface area (TPSA) is 122 Å². The van der Waals surface area contributed by atoms with E-state index in [-0.39, 0.29) is 17.4 Å². The Morgan fingerprint density at radius 1 is 1.03 bits per heavy atom. The van der Waals surface area contributed by atoms with Gasteiger partial charge in [-0.2, -0.15) is 10.2 Å². The number of thiophene rings is 1. The number of rotatable bonds is 5. The lowest BCUT2D eigenvalue weighted by atomic mass is 10.2. The summed E-state index contributed by atoms with van der Waals surface area (Å²) in [6.45, 7) is 1.73.